The summed E-state index contributed by atoms with van der Waals surface area (Å²) in [5, 5.41) is 20.1. The fraction of sp³-hybridized carbons (Fsp3) is 0. The number of nitro groups is 2. The van der Waals surface area contributed by atoms with E-state index in [9.17, 15) is 29.8 Å². The molecule has 0 atom stereocenters. The topological polar surface area (TPSA) is 120 Å². The minimum Gasteiger partial charge on any atom is -0.281 e. The number of hydrogen-bond acceptors (Lipinski definition) is 7. The van der Waals surface area contributed by atoms with E-state index in [4.69, 9.17) is 0 Å². The lowest BCUT2D eigenvalue weighted by atomic mass is 10.2. The van der Waals surface area contributed by atoms with Crippen LogP contribution in [-0.4, -0.2) is 20.1 Å². The molecule has 0 radical (unpaired) electrons. The normalized spacial score (nSPS) is 10.1. The van der Waals surface area contributed by atoms with Gasteiger partial charge in [0.05, 0.1) is 9.85 Å². The minimum absolute atomic E-state index is 0.182. The molecule has 116 valence electrons. The summed E-state index contributed by atoms with van der Waals surface area (Å²) in [5.41, 5.74) is -1.34. The van der Waals surface area contributed by atoms with E-state index in [1.165, 1.54) is 36.4 Å². The number of carbonyl (C=O) groups is 2. The highest BCUT2D eigenvalue weighted by atomic mass is 32.2. The highest BCUT2D eigenvalue weighted by Gasteiger charge is 2.26. The van der Waals surface area contributed by atoms with Crippen LogP contribution in [0.1, 0.15) is 20.7 Å². The molecule has 0 aliphatic rings. The van der Waals surface area contributed by atoms with Gasteiger partial charge in [0.1, 0.15) is 11.1 Å². The molecule has 0 unspecified atom stereocenters. The van der Waals surface area contributed by atoms with Gasteiger partial charge in [-0.1, -0.05) is 24.3 Å². The summed E-state index contributed by atoms with van der Waals surface area (Å²) >= 11 is 0.182. The van der Waals surface area contributed by atoms with Gasteiger partial charge in [0, 0.05) is 12.1 Å². The van der Waals surface area contributed by atoms with E-state index < -0.39 is 31.5 Å². The summed E-state index contributed by atoms with van der Waals surface area (Å²) in [7, 11) is 0. The van der Waals surface area contributed by atoms with Crippen LogP contribution in [0.5, 0.6) is 0 Å². The molecule has 0 N–H and O–H groups in total. The average molecular weight is 332 g/mol. The third-order valence-corrected chi connectivity index (χ3v) is 3.64. The lowest BCUT2D eigenvalue weighted by molar-refractivity contribution is -0.385. The summed E-state index contributed by atoms with van der Waals surface area (Å²) < 4.78 is 0. The van der Waals surface area contributed by atoms with Gasteiger partial charge < -0.3 is 0 Å². The van der Waals surface area contributed by atoms with Crippen molar-refractivity contribution in [2.24, 2.45) is 0 Å². The van der Waals surface area contributed by atoms with Crippen LogP contribution in [0, 0.1) is 20.2 Å². The van der Waals surface area contributed by atoms with Gasteiger partial charge in [0.15, 0.2) is 0 Å². The van der Waals surface area contributed by atoms with Crippen LogP contribution in [0.15, 0.2) is 48.5 Å². The highest BCUT2D eigenvalue weighted by molar-refractivity contribution is 8.27. The predicted molar refractivity (Wildman–Crippen MR) is 82.4 cm³/mol. The molecule has 0 bridgehead atoms. The third-order valence-electron chi connectivity index (χ3n) is 2.83. The van der Waals surface area contributed by atoms with Crippen LogP contribution >= 0.6 is 11.8 Å². The van der Waals surface area contributed by atoms with Crippen LogP contribution < -0.4 is 0 Å². The fourth-order valence-electron chi connectivity index (χ4n) is 1.81. The van der Waals surface area contributed by atoms with E-state index in [0.717, 1.165) is 12.1 Å². The number of benzene rings is 2. The highest BCUT2D eigenvalue weighted by Crippen LogP contribution is 2.28. The SMILES string of the molecule is O=C(SC(=O)c1ccccc1[N+](=O)[O-])c1ccccc1[N+](=O)[O-]. The van der Waals surface area contributed by atoms with E-state index in [1.54, 1.807) is 0 Å². The maximum atomic E-state index is 12.1. The molecule has 2 rings (SSSR count). The smallest absolute Gasteiger partial charge is 0.281 e. The Labute approximate surface area is 133 Å². The summed E-state index contributed by atoms with van der Waals surface area (Å²) in [4.78, 5) is 44.5. The van der Waals surface area contributed by atoms with Crippen molar-refractivity contribution < 1.29 is 19.4 Å². The van der Waals surface area contributed by atoms with Crippen LogP contribution in [0.3, 0.4) is 0 Å². The van der Waals surface area contributed by atoms with Crippen molar-refractivity contribution in [3.8, 4) is 0 Å². The molecular formula is C14H8N2O6S. The molecule has 23 heavy (non-hydrogen) atoms. The van der Waals surface area contributed by atoms with Gasteiger partial charge in [-0.05, 0) is 23.9 Å². The van der Waals surface area contributed by atoms with E-state index in [-0.39, 0.29) is 22.9 Å². The quantitative estimate of drug-likeness (QED) is 0.622. The molecule has 0 saturated heterocycles. The third kappa shape index (κ3) is 3.58. The molecule has 8 nitrogen and oxygen atoms in total. The fourth-order valence-corrected chi connectivity index (χ4v) is 2.54. The Balaban J connectivity index is 2.30. The van der Waals surface area contributed by atoms with E-state index in [1.807, 2.05) is 0 Å². The Morgan fingerprint density at radius 2 is 1.09 bits per heavy atom. The number of thioether (sulfide) groups is 1. The number of hydrogen-bond donors (Lipinski definition) is 0. The van der Waals surface area contributed by atoms with E-state index in [2.05, 4.69) is 0 Å². The first kappa shape index (κ1) is 16.3. The molecule has 2 aromatic carbocycles. The Morgan fingerprint density at radius 3 is 1.43 bits per heavy atom. The van der Waals surface area contributed by atoms with Crippen molar-refractivity contribution in [2.75, 3.05) is 0 Å². The molecule has 0 aromatic heterocycles. The van der Waals surface area contributed by atoms with Crippen molar-refractivity contribution in [3.05, 3.63) is 79.9 Å². The van der Waals surface area contributed by atoms with Gasteiger partial charge in [-0.2, -0.15) is 0 Å². The number of carbonyl (C=O) groups excluding carboxylic acids is 2. The van der Waals surface area contributed by atoms with Crippen molar-refractivity contribution >= 4 is 33.4 Å². The summed E-state index contributed by atoms with van der Waals surface area (Å²) in [5.74, 6) is 0. The second-order valence-corrected chi connectivity index (χ2v) is 5.17. The second kappa shape index (κ2) is 6.79. The second-order valence-electron chi connectivity index (χ2n) is 4.23. The van der Waals surface area contributed by atoms with E-state index in [0.29, 0.717) is 0 Å². The molecule has 2 aromatic rings. The molecule has 0 saturated carbocycles. The Morgan fingerprint density at radius 1 is 0.739 bits per heavy atom. The molecule has 0 amide bonds. The van der Waals surface area contributed by atoms with Gasteiger partial charge in [-0.25, -0.2) is 0 Å². The van der Waals surface area contributed by atoms with Crippen LogP contribution in [-0.2, 0) is 0 Å². The molecule has 0 aliphatic heterocycles. The van der Waals surface area contributed by atoms with Crippen LogP contribution in [0.25, 0.3) is 0 Å². The molecular weight excluding hydrogens is 324 g/mol. The maximum Gasteiger partial charge on any atom is 0.281 e. The van der Waals surface area contributed by atoms with Crippen molar-refractivity contribution in [3.63, 3.8) is 0 Å². The van der Waals surface area contributed by atoms with E-state index >= 15 is 0 Å². The van der Waals surface area contributed by atoms with Gasteiger partial charge in [-0.15, -0.1) is 0 Å². The summed E-state index contributed by atoms with van der Waals surface area (Å²) in [6.07, 6.45) is 0. The van der Waals surface area contributed by atoms with Crippen molar-refractivity contribution in [1.82, 2.24) is 0 Å². The molecule has 0 fully saturated rings. The molecule has 0 heterocycles. The number of nitrogens with zero attached hydrogens (tertiary/aromatic N) is 2. The zero-order valence-electron chi connectivity index (χ0n) is 11.4. The predicted octanol–water partition coefficient (Wildman–Crippen LogP) is 3.22. The first-order valence-electron chi connectivity index (χ1n) is 6.15. The van der Waals surface area contributed by atoms with Crippen LogP contribution in [0.4, 0.5) is 11.4 Å². The maximum absolute atomic E-state index is 12.1. The number of rotatable bonds is 4. The standard InChI is InChI=1S/C14H8N2O6S/c17-13(9-5-1-3-7-11(9)15(19)20)23-14(18)10-6-2-4-8-12(10)16(21)22/h1-8H. The van der Waals surface area contributed by atoms with Crippen LogP contribution in [0.2, 0.25) is 0 Å². The Hall–Kier alpha value is -3.07. The summed E-state index contributed by atoms with van der Waals surface area (Å²) in [6, 6.07) is 10.4. The Kier molecular flexibility index (Phi) is 4.82. The lowest BCUT2D eigenvalue weighted by Gasteiger charge is -2.02. The summed E-state index contributed by atoms with van der Waals surface area (Å²) in [6.45, 7) is 0. The largest absolute Gasteiger partial charge is 0.281 e. The van der Waals surface area contributed by atoms with Gasteiger partial charge in [0.2, 0.25) is 10.2 Å². The first-order chi connectivity index (χ1) is 10.9. The molecule has 0 spiro atoms. The zero-order chi connectivity index (χ0) is 17.0. The number of nitro benzene ring substituents is 2. The molecule has 0 aliphatic carbocycles. The lowest BCUT2D eigenvalue weighted by Crippen LogP contribution is -2.06. The van der Waals surface area contributed by atoms with Gasteiger partial charge in [-0.3, -0.25) is 29.8 Å². The average Bonchev–Trinajstić information content (AvgIpc) is 2.54. The number of para-hydroxylation sites is 2. The minimum atomic E-state index is -0.847. The molecule has 9 heteroatoms. The van der Waals surface area contributed by atoms with Crippen molar-refractivity contribution in [2.45, 2.75) is 0 Å². The van der Waals surface area contributed by atoms with Crippen molar-refractivity contribution in [1.29, 1.82) is 0 Å². The Bertz CT molecular complexity index is 753. The zero-order valence-corrected chi connectivity index (χ0v) is 12.2. The van der Waals surface area contributed by atoms with Gasteiger partial charge >= 0.3 is 0 Å². The first-order valence-corrected chi connectivity index (χ1v) is 6.97. The monoisotopic (exact) mass is 332 g/mol. The van der Waals surface area contributed by atoms with Gasteiger partial charge in [0.25, 0.3) is 11.4 Å².